The molecular formula is CH5FInO3S. The maximum atomic E-state index is 9.19. The Labute approximate surface area is 60.0 Å². The van der Waals surface area contributed by atoms with Crippen LogP contribution in [0.15, 0.2) is 0 Å². The first-order valence-electron chi connectivity index (χ1n) is 0.924. The molecule has 0 aromatic heterocycles. The monoisotopic (exact) mass is 231 g/mol. The second kappa shape index (κ2) is 4.86. The fraction of sp³-hybridized carbons (Fsp3) is 1.00. The fourth-order valence-corrected chi connectivity index (χ4v) is 0. The van der Waals surface area contributed by atoms with E-state index in [-0.39, 0.29) is 30.5 Å². The van der Waals surface area contributed by atoms with Gasteiger partial charge in [0.25, 0.3) is 10.1 Å². The van der Waals surface area contributed by atoms with E-state index in [2.05, 4.69) is 0 Å². The average molecular weight is 231 g/mol. The molecule has 0 unspecified atom stereocenters. The van der Waals surface area contributed by atoms with Gasteiger partial charge in [0.1, 0.15) is 0 Å². The van der Waals surface area contributed by atoms with Crippen LogP contribution in [0.5, 0.6) is 0 Å². The Hall–Kier alpha value is 0.710. The van der Waals surface area contributed by atoms with Crippen molar-refractivity contribution in [2.45, 2.75) is 0 Å². The van der Waals surface area contributed by atoms with Gasteiger partial charge >= 0.3 is 0 Å². The van der Waals surface area contributed by atoms with Gasteiger partial charge in [-0.15, -0.1) is 0 Å². The molecule has 0 aromatic rings. The molecule has 3 nitrogen and oxygen atoms in total. The molecule has 0 saturated carbocycles. The normalized spacial score (nSPS) is 8.29. The predicted molar refractivity (Wildman–Crippen MR) is 25.7 cm³/mol. The standard InChI is InChI=1S/CH4O3S.FH.In/c1-5(2,3)4;;/h1H3,(H,2,3,4);1H;. The first-order chi connectivity index (χ1) is 2.00. The minimum Gasteiger partial charge on any atom is -0.286 e. The van der Waals surface area contributed by atoms with Gasteiger partial charge in [-0.1, -0.05) is 0 Å². The molecule has 43 valence electrons. The Bertz CT molecular complexity index is 98.1. The van der Waals surface area contributed by atoms with E-state index in [4.69, 9.17) is 4.55 Å². The van der Waals surface area contributed by atoms with Crippen LogP contribution in [0.25, 0.3) is 0 Å². The molecular weight excluding hydrogens is 226 g/mol. The van der Waals surface area contributed by atoms with Gasteiger partial charge in [-0.2, -0.15) is 8.42 Å². The largest absolute Gasteiger partial charge is 0.286 e. The van der Waals surface area contributed by atoms with E-state index in [1.807, 2.05) is 0 Å². The topological polar surface area (TPSA) is 54.4 Å². The van der Waals surface area contributed by atoms with Crippen molar-refractivity contribution in [2.24, 2.45) is 0 Å². The van der Waals surface area contributed by atoms with Crippen molar-refractivity contribution in [3.63, 3.8) is 0 Å². The van der Waals surface area contributed by atoms with Crippen LogP contribution in [0.3, 0.4) is 0 Å². The summed E-state index contributed by atoms with van der Waals surface area (Å²) < 4.78 is 25.9. The molecule has 3 radical (unpaired) electrons. The van der Waals surface area contributed by atoms with Gasteiger partial charge in [-0.3, -0.25) is 9.26 Å². The molecule has 0 saturated heterocycles. The molecule has 0 fully saturated rings. The van der Waals surface area contributed by atoms with Crippen LogP contribution in [0.2, 0.25) is 0 Å². The number of hydrogen-bond donors (Lipinski definition) is 1. The van der Waals surface area contributed by atoms with Crippen molar-refractivity contribution < 1.29 is 17.7 Å². The van der Waals surface area contributed by atoms with Crippen molar-refractivity contribution in [1.82, 2.24) is 0 Å². The summed E-state index contributed by atoms with van der Waals surface area (Å²) in [5.74, 6) is 0. The van der Waals surface area contributed by atoms with Gasteiger partial charge in [0, 0.05) is 25.8 Å². The van der Waals surface area contributed by atoms with E-state index in [9.17, 15) is 8.42 Å². The Morgan fingerprint density at radius 3 is 1.43 bits per heavy atom. The smallest absolute Gasteiger partial charge is 0.261 e. The number of halogens is 1. The summed E-state index contributed by atoms with van der Waals surface area (Å²) in [6, 6.07) is 0. The minimum absolute atomic E-state index is 0. The third-order valence-corrected chi connectivity index (χ3v) is 0. The number of hydrogen-bond acceptors (Lipinski definition) is 2. The second-order valence-corrected chi connectivity index (χ2v) is 2.20. The van der Waals surface area contributed by atoms with E-state index < -0.39 is 10.1 Å². The van der Waals surface area contributed by atoms with E-state index in [0.29, 0.717) is 6.26 Å². The van der Waals surface area contributed by atoms with Crippen molar-refractivity contribution in [1.29, 1.82) is 0 Å². The Morgan fingerprint density at radius 2 is 1.43 bits per heavy atom. The zero-order chi connectivity index (χ0) is 4.50. The van der Waals surface area contributed by atoms with Crippen LogP contribution in [-0.4, -0.2) is 45.1 Å². The summed E-state index contributed by atoms with van der Waals surface area (Å²) in [6.45, 7) is 0. The second-order valence-electron chi connectivity index (χ2n) is 0.733. The molecule has 0 spiro atoms. The maximum absolute atomic E-state index is 9.19. The molecule has 0 aliphatic carbocycles. The van der Waals surface area contributed by atoms with E-state index in [0.717, 1.165) is 0 Å². The van der Waals surface area contributed by atoms with Crippen LogP contribution in [0.1, 0.15) is 0 Å². The molecule has 7 heavy (non-hydrogen) atoms. The Morgan fingerprint density at radius 1 is 1.43 bits per heavy atom. The summed E-state index contributed by atoms with van der Waals surface area (Å²) in [5, 5.41) is 0. The zero-order valence-corrected chi connectivity index (χ0v) is 7.77. The van der Waals surface area contributed by atoms with E-state index in [1.54, 1.807) is 0 Å². The summed E-state index contributed by atoms with van der Waals surface area (Å²) >= 11 is 0. The fourth-order valence-electron chi connectivity index (χ4n) is 0. The van der Waals surface area contributed by atoms with Crippen LogP contribution < -0.4 is 0 Å². The predicted octanol–water partition coefficient (Wildman–Crippen LogP) is -0.724. The Balaban J connectivity index is -0.0000000800. The van der Waals surface area contributed by atoms with Crippen LogP contribution in [-0.2, 0) is 10.1 Å². The van der Waals surface area contributed by atoms with E-state index in [1.165, 1.54) is 0 Å². The minimum atomic E-state index is -3.67. The summed E-state index contributed by atoms with van der Waals surface area (Å²) in [7, 11) is -3.67. The molecule has 0 heterocycles. The summed E-state index contributed by atoms with van der Waals surface area (Å²) in [5.41, 5.74) is 0. The van der Waals surface area contributed by atoms with Crippen LogP contribution >= 0.6 is 0 Å². The van der Waals surface area contributed by atoms with Gasteiger partial charge in [0.05, 0.1) is 6.26 Å². The first-order valence-corrected chi connectivity index (χ1v) is 2.77. The molecule has 0 amide bonds. The summed E-state index contributed by atoms with van der Waals surface area (Å²) in [4.78, 5) is 0. The van der Waals surface area contributed by atoms with Gasteiger partial charge in [0.15, 0.2) is 0 Å². The quantitative estimate of drug-likeness (QED) is 0.559. The van der Waals surface area contributed by atoms with Crippen molar-refractivity contribution in [2.75, 3.05) is 6.26 Å². The van der Waals surface area contributed by atoms with Gasteiger partial charge in [-0.05, 0) is 0 Å². The summed E-state index contributed by atoms with van der Waals surface area (Å²) in [6.07, 6.45) is 0.715. The third-order valence-electron chi connectivity index (χ3n) is 0. The number of rotatable bonds is 0. The van der Waals surface area contributed by atoms with Crippen molar-refractivity contribution >= 4 is 36.0 Å². The van der Waals surface area contributed by atoms with Gasteiger partial charge < -0.3 is 0 Å². The van der Waals surface area contributed by atoms with Crippen molar-refractivity contribution in [3.8, 4) is 0 Å². The van der Waals surface area contributed by atoms with E-state index >= 15 is 0 Å². The molecule has 0 aliphatic rings. The first kappa shape index (κ1) is 15.6. The van der Waals surface area contributed by atoms with Gasteiger partial charge in [0.2, 0.25) is 0 Å². The zero-order valence-electron chi connectivity index (χ0n) is 3.66. The van der Waals surface area contributed by atoms with Crippen LogP contribution in [0.4, 0.5) is 4.70 Å². The van der Waals surface area contributed by atoms with Crippen molar-refractivity contribution in [3.05, 3.63) is 0 Å². The maximum Gasteiger partial charge on any atom is 0.261 e. The van der Waals surface area contributed by atoms with Crippen LogP contribution in [0, 0.1) is 0 Å². The Kier molecular flexibility index (Phi) is 10.9. The average Bonchev–Trinajstić information content (AvgIpc) is 0.722. The van der Waals surface area contributed by atoms with Gasteiger partial charge in [-0.25, -0.2) is 0 Å². The molecule has 1 N–H and O–H groups in total. The SMILES string of the molecule is CS(=O)(=O)O.F.[In]. The molecule has 6 heteroatoms. The molecule has 0 atom stereocenters. The molecule has 0 aliphatic heterocycles. The molecule has 0 bridgehead atoms. The third kappa shape index (κ3) is 295. The molecule has 0 rings (SSSR count). The molecule has 0 aromatic carbocycles.